The van der Waals surface area contributed by atoms with E-state index in [-0.39, 0.29) is 23.5 Å². The van der Waals surface area contributed by atoms with Gasteiger partial charge in [-0.1, -0.05) is 6.07 Å². The van der Waals surface area contributed by atoms with Gasteiger partial charge in [0.1, 0.15) is 5.01 Å². The quantitative estimate of drug-likeness (QED) is 0.490. The Kier molecular flexibility index (Phi) is 6.73. The third-order valence-corrected chi connectivity index (χ3v) is 9.43. The molecule has 4 rings (SSSR count). The first-order chi connectivity index (χ1) is 16.1. The highest BCUT2D eigenvalue weighted by molar-refractivity contribution is 7.93. The van der Waals surface area contributed by atoms with Gasteiger partial charge in [0.25, 0.3) is 0 Å². The predicted octanol–water partition coefficient (Wildman–Crippen LogP) is 3.23. The van der Waals surface area contributed by atoms with Gasteiger partial charge in [-0.3, -0.25) is 14.6 Å². The molecule has 0 bridgehead atoms. The van der Waals surface area contributed by atoms with E-state index in [2.05, 4.69) is 20.6 Å². The molecule has 2 amide bonds. The molecule has 0 aliphatic heterocycles. The van der Waals surface area contributed by atoms with Crippen molar-refractivity contribution in [3.63, 3.8) is 0 Å². The van der Waals surface area contributed by atoms with Crippen molar-refractivity contribution in [1.29, 1.82) is 0 Å². The van der Waals surface area contributed by atoms with Gasteiger partial charge in [0.2, 0.25) is 11.8 Å². The van der Waals surface area contributed by atoms with Crippen molar-refractivity contribution in [2.75, 3.05) is 6.54 Å². The van der Waals surface area contributed by atoms with Crippen molar-refractivity contribution >= 4 is 43.2 Å². The number of pyridine rings is 1. The third kappa shape index (κ3) is 5.12. The van der Waals surface area contributed by atoms with E-state index in [1.165, 1.54) is 25.2 Å². The first-order valence-electron chi connectivity index (χ1n) is 11.2. The Hall–Kier alpha value is -2.85. The summed E-state index contributed by atoms with van der Waals surface area (Å²) in [7, 11) is -3.88. The van der Waals surface area contributed by atoms with Crippen LogP contribution in [-0.2, 0) is 19.4 Å². The monoisotopic (exact) mass is 500 g/mol. The number of benzene rings is 1. The van der Waals surface area contributed by atoms with Crippen LogP contribution < -0.4 is 10.6 Å². The summed E-state index contributed by atoms with van der Waals surface area (Å²) in [5.41, 5.74) is 4.44. The second kappa shape index (κ2) is 9.42. The molecule has 34 heavy (non-hydrogen) atoms. The van der Waals surface area contributed by atoms with Crippen LogP contribution in [0.25, 0.3) is 21.3 Å². The molecule has 0 spiro atoms. The van der Waals surface area contributed by atoms with Crippen LogP contribution in [0, 0.1) is 13.8 Å². The number of hydrogen-bond acceptors (Lipinski definition) is 7. The maximum Gasteiger partial charge on any atom is 0.245 e. The summed E-state index contributed by atoms with van der Waals surface area (Å²) in [6.07, 6.45) is 3.66. The van der Waals surface area contributed by atoms with E-state index in [1.807, 2.05) is 38.1 Å². The topological polar surface area (TPSA) is 118 Å². The second-order valence-electron chi connectivity index (χ2n) is 8.95. The van der Waals surface area contributed by atoms with Crippen LogP contribution in [0.3, 0.4) is 0 Å². The number of fused-ring (bicyclic) bond motifs is 1. The Balaban J connectivity index is 1.68. The SMILES string of the molecule is Cc1ccc(-c2cc3sc(C(C(=O)NCC(=O)NC4CC4)S(=O)(=O)C(C)C)nc3cc2C)cn1. The van der Waals surface area contributed by atoms with E-state index in [1.54, 1.807) is 6.20 Å². The van der Waals surface area contributed by atoms with E-state index in [0.717, 1.165) is 39.9 Å². The first kappa shape index (κ1) is 24.3. The summed E-state index contributed by atoms with van der Waals surface area (Å²) in [5.74, 6) is -1.06. The molecule has 2 aromatic heterocycles. The fourth-order valence-electron chi connectivity index (χ4n) is 3.59. The van der Waals surface area contributed by atoms with Crippen LogP contribution >= 0.6 is 11.3 Å². The molecule has 3 aromatic rings. The highest BCUT2D eigenvalue weighted by Crippen LogP contribution is 2.36. The highest BCUT2D eigenvalue weighted by Gasteiger charge is 2.39. The third-order valence-electron chi connectivity index (χ3n) is 5.79. The molecule has 1 aromatic carbocycles. The fourth-order valence-corrected chi connectivity index (χ4v) is 6.36. The summed E-state index contributed by atoms with van der Waals surface area (Å²) < 4.78 is 27.1. The highest BCUT2D eigenvalue weighted by atomic mass is 32.2. The lowest BCUT2D eigenvalue weighted by Crippen LogP contribution is -2.42. The Morgan fingerprint density at radius 3 is 2.53 bits per heavy atom. The van der Waals surface area contributed by atoms with Crippen molar-refractivity contribution in [2.45, 2.75) is 57.1 Å². The van der Waals surface area contributed by atoms with E-state index in [4.69, 9.17) is 0 Å². The number of nitrogens with zero attached hydrogens (tertiary/aromatic N) is 2. The predicted molar refractivity (Wildman–Crippen MR) is 133 cm³/mol. The number of amides is 2. The van der Waals surface area contributed by atoms with Crippen molar-refractivity contribution in [3.05, 3.63) is 46.7 Å². The van der Waals surface area contributed by atoms with Gasteiger partial charge in [-0.15, -0.1) is 11.3 Å². The van der Waals surface area contributed by atoms with Gasteiger partial charge in [-0.2, -0.15) is 0 Å². The number of nitrogens with one attached hydrogen (secondary N) is 2. The summed E-state index contributed by atoms with van der Waals surface area (Å²) in [6, 6.07) is 7.93. The van der Waals surface area contributed by atoms with E-state index < -0.39 is 26.2 Å². The van der Waals surface area contributed by atoms with Gasteiger partial charge < -0.3 is 10.6 Å². The standard InChI is InChI=1S/C24H28N4O4S2/c1-13(2)34(31,32)22(23(30)26-12-21(29)27-17-7-8-17)24-28-19-9-14(3)18(10-20(19)33-24)16-6-5-15(4)25-11-16/h5-6,9-11,13,17,22H,7-8,12H2,1-4H3,(H,26,30)(H,27,29). The zero-order chi connectivity index (χ0) is 24.6. The molecule has 1 aliphatic rings. The smallest absolute Gasteiger partial charge is 0.245 e. The maximum absolute atomic E-state index is 13.2. The van der Waals surface area contributed by atoms with Crippen LogP contribution in [0.2, 0.25) is 0 Å². The lowest BCUT2D eigenvalue weighted by atomic mass is 10.0. The maximum atomic E-state index is 13.2. The number of thiazole rings is 1. The first-order valence-corrected chi connectivity index (χ1v) is 13.6. The van der Waals surface area contributed by atoms with Crippen molar-refractivity contribution in [1.82, 2.24) is 20.6 Å². The van der Waals surface area contributed by atoms with E-state index in [9.17, 15) is 18.0 Å². The number of sulfone groups is 1. The lowest BCUT2D eigenvalue weighted by Gasteiger charge is -2.17. The van der Waals surface area contributed by atoms with Crippen LogP contribution in [0.15, 0.2) is 30.5 Å². The van der Waals surface area contributed by atoms with Crippen LogP contribution in [-0.4, -0.2) is 48.0 Å². The molecule has 2 N–H and O–H groups in total. The summed E-state index contributed by atoms with van der Waals surface area (Å²) in [5, 5.41) is 3.21. The normalized spacial score (nSPS) is 14.9. The minimum atomic E-state index is -3.88. The summed E-state index contributed by atoms with van der Waals surface area (Å²) >= 11 is 1.18. The van der Waals surface area contributed by atoms with Crippen molar-refractivity contribution < 1.29 is 18.0 Å². The number of hydrogen-bond donors (Lipinski definition) is 2. The van der Waals surface area contributed by atoms with Gasteiger partial charge in [-0.05, 0) is 69.9 Å². The number of rotatable bonds is 8. The molecule has 10 heteroatoms. The Labute approximate surface area is 203 Å². The molecule has 1 unspecified atom stereocenters. The molecule has 1 aliphatic carbocycles. The van der Waals surface area contributed by atoms with Crippen LogP contribution in [0.4, 0.5) is 0 Å². The van der Waals surface area contributed by atoms with Gasteiger partial charge in [0, 0.05) is 23.5 Å². The van der Waals surface area contributed by atoms with Crippen LogP contribution in [0.5, 0.6) is 0 Å². The molecule has 1 saturated carbocycles. The van der Waals surface area contributed by atoms with Gasteiger partial charge >= 0.3 is 0 Å². The summed E-state index contributed by atoms with van der Waals surface area (Å²) in [6.45, 7) is 6.69. The van der Waals surface area contributed by atoms with E-state index in [0.29, 0.717) is 5.52 Å². The average Bonchev–Trinajstić information content (AvgIpc) is 3.49. The average molecular weight is 501 g/mol. The molecular weight excluding hydrogens is 472 g/mol. The second-order valence-corrected chi connectivity index (χ2v) is 12.6. The molecule has 1 fully saturated rings. The minimum Gasteiger partial charge on any atom is -0.352 e. The lowest BCUT2D eigenvalue weighted by molar-refractivity contribution is -0.126. The molecule has 0 radical (unpaired) electrons. The molecule has 2 heterocycles. The molecule has 180 valence electrons. The Bertz CT molecular complexity index is 1340. The Morgan fingerprint density at radius 2 is 1.91 bits per heavy atom. The van der Waals surface area contributed by atoms with Gasteiger partial charge in [-0.25, -0.2) is 13.4 Å². The Morgan fingerprint density at radius 1 is 1.18 bits per heavy atom. The summed E-state index contributed by atoms with van der Waals surface area (Å²) in [4.78, 5) is 34.0. The fraction of sp³-hybridized carbons (Fsp3) is 0.417. The van der Waals surface area contributed by atoms with Crippen molar-refractivity contribution in [3.8, 4) is 11.1 Å². The van der Waals surface area contributed by atoms with Gasteiger partial charge in [0.15, 0.2) is 15.1 Å². The molecule has 0 saturated heterocycles. The minimum absolute atomic E-state index is 0.157. The molecule has 1 atom stereocenters. The number of aromatic nitrogens is 2. The number of carbonyl (C=O) groups excluding carboxylic acids is 2. The van der Waals surface area contributed by atoms with Gasteiger partial charge in [0.05, 0.1) is 22.0 Å². The number of carbonyl (C=O) groups is 2. The largest absolute Gasteiger partial charge is 0.352 e. The molecular formula is C24H28N4O4S2. The van der Waals surface area contributed by atoms with Crippen molar-refractivity contribution in [2.24, 2.45) is 0 Å². The number of aryl methyl sites for hydroxylation is 2. The molecule has 8 nitrogen and oxygen atoms in total. The zero-order valence-electron chi connectivity index (χ0n) is 19.6. The van der Waals surface area contributed by atoms with Crippen LogP contribution in [0.1, 0.15) is 48.2 Å². The van der Waals surface area contributed by atoms with E-state index >= 15 is 0 Å². The zero-order valence-corrected chi connectivity index (χ0v) is 21.2.